The van der Waals surface area contributed by atoms with Gasteiger partial charge in [0, 0.05) is 19.0 Å². The first-order chi connectivity index (χ1) is 12.2. The molecule has 0 fully saturated rings. The van der Waals surface area contributed by atoms with Crippen LogP contribution in [-0.2, 0) is 17.0 Å². The summed E-state index contributed by atoms with van der Waals surface area (Å²) in [5.41, 5.74) is 1.58. The van der Waals surface area contributed by atoms with Gasteiger partial charge >= 0.3 is 0 Å². The summed E-state index contributed by atoms with van der Waals surface area (Å²) in [7, 11) is 0. The lowest BCUT2D eigenvalue weighted by atomic mass is 10.2. The highest BCUT2D eigenvalue weighted by Crippen LogP contribution is 2.24. The zero-order chi connectivity index (χ0) is 17.6. The molecule has 130 valence electrons. The Bertz CT molecular complexity index is 860. The summed E-state index contributed by atoms with van der Waals surface area (Å²) in [6.07, 6.45) is 3.41. The summed E-state index contributed by atoms with van der Waals surface area (Å²) in [4.78, 5) is 15.6. The molecular formula is C16H18N6O2S. The molecule has 3 rings (SSSR count). The van der Waals surface area contributed by atoms with Gasteiger partial charge in [-0.15, -0.1) is 10.2 Å². The average Bonchev–Trinajstić information content (AvgIpc) is 3.22. The molecule has 0 saturated carbocycles. The van der Waals surface area contributed by atoms with Crippen molar-refractivity contribution in [3.8, 4) is 5.69 Å². The Morgan fingerprint density at radius 3 is 3.08 bits per heavy atom. The van der Waals surface area contributed by atoms with E-state index >= 15 is 0 Å². The number of nitrogens with one attached hydrogen (secondary N) is 1. The number of nitrogens with zero attached hydrogens (tertiary/aromatic N) is 5. The lowest BCUT2D eigenvalue weighted by Crippen LogP contribution is -2.06. The third-order valence-electron chi connectivity index (χ3n) is 3.27. The normalized spacial score (nSPS) is 10.8. The predicted octanol–water partition coefficient (Wildman–Crippen LogP) is 2.85. The lowest BCUT2D eigenvalue weighted by molar-refractivity contribution is -0.114. The van der Waals surface area contributed by atoms with E-state index in [2.05, 4.69) is 32.6 Å². The van der Waals surface area contributed by atoms with Crippen LogP contribution < -0.4 is 5.32 Å². The second kappa shape index (κ2) is 7.93. The van der Waals surface area contributed by atoms with Gasteiger partial charge in [0.1, 0.15) is 6.33 Å². The number of thioether (sulfide) groups is 1. The third kappa shape index (κ3) is 4.44. The number of aromatic nitrogens is 5. The maximum atomic E-state index is 11.2. The van der Waals surface area contributed by atoms with E-state index < -0.39 is 0 Å². The van der Waals surface area contributed by atoms with E-state index in [0.29, 0.717) is 16.8 Å². The van der Waals surface area contributed by atoms with Crippen LogP contribution in [0.2, 0.25) is 0 Å². The minimum Gasteiger partial charge on any atom is -0.338 e. The number of carbonyl (C=O) groups excluding carboxylic acids is 1. The molecule has 2 aromatic heterocycles. The van der Waals surface area contributed by atoms with Crippen LogP contribution in [0.5, 0.6) is 0 Å². The molecule has 0 radical (unpaired) electrons. The molecule has 8 nitrogen and oxygen atoms in total. The first-order valence-electron chi connectivity index (χ1n) is 7.88. The van der Waals surface area contributed by atoms with E-state index in [1.165, 1.54) is 18.7 Å². The molecule has 1 aromatic carbocycles. The van der Waals surface area contributed by atoms with Crippen molar-refractivity contribution in [2.75, 3.05) is 5.32 Å². The monoisotopic (exact) mass is 358 g/mol. The van der Waals surface area contributed by atoms with Gasteiger partial charge < -0.3 is 9.84 Å². The maximum absolute atomic E-state index is 11.2. The van der Waals surface area contributed by atoms with Crippen LogP contribution in [0.25, 0.3) is 5.69 Å². The van der Waals surface area contributed by atoms with Gasteiger partial charge in [0.25, 0.3) is 0 Å². The second-order valence-electron chi connectivity index (χ2n) is 5.36. The van der Waals surface area contributed by atoms with E-state index in [9.17, 15) is 4.79 Å². The minimum absolute atomic E-state index is 0.116. The van der Waals surface area contributed by atoms with E-state index in [0.717, 1.165) is 30.0 Å². The summed E-state index contributed by atoms with van der Waals surface area (Å²) >= 11 is 1.46. The number of benzene rings is 1. The molecule has 9 heteroatoms. The molecule has 0 spiro atoms. The standard InChI is InChI=1S/C16H18N6O2S/c1-3-5-14-19-15(24-21-14)9-25-16-20-17-10-22(16)13-7-4-6-12(8-13)18-11(2)23/h4,6-8,10H,3,5,9H2,1-2H3,(H,18,23). The topological polar surface area (TPSA) is 98.7 Å². The number of hydrogen-bond donors (Lipinski definition) is 1. The molecule has 1 N–H and O–H groups in total. The number of rotatable bonds is 7. The fourth-order valence-electron chi connectivity index (χ4n) is 2.24. The number of aryl methyl sites for hydroxylation is 1. The van der Waals surface area contributed by atoms with Crippen LogP contribution in [0.3, 0.4) is 0 Å². The molecule has 0 aliphatic carbocycles. The van der Waals surface area contributed by atoms with E-state index in [1.54, 1.807) is 6.33 Å². The summed E-state index contributed by atoms with van der Waals surface area (Å²) in [6, 6.07) is 7.48. The van der Waals surface area contributed by atoms with E-state index in [4.69, 9.17) is 4.52 Å². The Hall–Kier alpha value is -2.68. The van der Waals surface area contributed by atoms with Gasteiger partial charge in [0.15, 0.2) is 11.0 Å². The SMILES string of the molecule is CCCc1noc(CSc2nncn2-c2cccc(NC(C)=O)c2)n1. The lowest BCUT2D eigenvalue weighted by Gasteiger charge is -2.08. The van der Waals surface area contributed by atoms with E-state index in [-0.39, 0.29) is 5.91 Å². The molecule has 0 bridgehead atoms. The van der Waals surface area contributed by atoms with Gasteiger partial charge in [-0.3, -0.25) is 9.36 Å². The summed E-state index contributed by atoms with van der Waals surface area (Å²) in [5.74, 6) is 1.69. The molecule has 0 saturated heterocycles. The zero-order valence-corrected chi connectivity index (χ0v) is 14.8. The Morgan fingerprint density at radius 2 is 2.28 bits per heavy atom. The first kappa shape index (κ1) is 17.2. The summed E-state index contributed by atoms with van der Waals surface area (Å²) in [6.45, 7) is 3.55. The van der Waals surface area contributed by atoms with E-state index in [1.807, 2.05) is 28.8 Å². The quantitative estimate of drug-likeness (QED) is 0.648. The minimum atomic E-state index is -0.116. The number of carbonyl (C=O) groups is 1. The first-order valence-corrected chi connectivity index (χ1v) is 8.86. The van der Waals surface area contributed by atoms with Crippen molar-refractivity contribution in [1.29, 1.82) is 0 Å². The van der Waals surface area contributed by atoms with Gasteiger partial charge in [-0.05, 0) is 24.6 Å². The zero-order valence-electron chi connectivity index (χ0n) is 14.0. The van der Waals surface area contributed by atoms with Crippen molar-refractivity contribution in [2.45, 2.75) is 37.6 Å². The van der Waals surface area contributed by atoms with Crippen LogP contribution in [0.15, 0.2) is 40.3 Å². The van der Waals surface area contributed by atoms with Crippen molar-refractivity contribution in [3.05, 3.63) is 42.3 Å². The second-order valence-corrected chi connectivity index (χ2v) is 6.30. The summed E-state index contributed by atoms with van der Waals surface area (Å²) in [5, 5.41) is 15.5. The molecule has 0 atom stereocenters. The molecule has 0 aliphatic heterocycles. The Balaban J connectivity index is 1.72. The van der Waals surface area contributed by atoms with Crippen molar-refractivity contribution in [1.82, 2.24) is 24.9 Å². The smallest absolute Gasteiger partial charge is 0.237 e. The van der Waals surface area contributed by atoms with Crippen LogP contribution >= 0.6 is 11.8 Å². The molecular weight excluding hydrogens is 340 g/mol. The van der Waals surface area contributed by atoms with Gasteiger partial charge in [0.05, 0.1) is 11.4 Å². The Kier molecular flexibility index (Phi) is 5.44. The average molecular weight is 358 g/mol. The highest BCUT2D eigenvalue weighted by Gasteiger charge is 2.11. The van der Waals surface area contributed by atoms with Crippen LogP contribution in [0.1, 0.15) is 32.0 Å². The third-order valence-corrected chi connectivity index (χ3v) is 4.20. The van der Waals surface area contributed by atoms with Crippen molar-refractivity contribution >= 4 is 23.4 Å². The predicted molar refractivity (Wildman–Crippen MR) is 93.5 cm³/mol. The molecule has 1 amide bonds. The molecule has 2 heterocycles. The van der Waals surface area contributed by atoms with Crippen LogP contribution in [0, 0.1) is 0 Å². The van der Waals surface area contributed by atoms with Crippen molar-refractivity contribution in [2.24, 2.45) is 0 Å². The van der Waals surface area contributed by atoms with Gasteiger partial charge in [-0.25, -0.2) is 0 Å². The number of hydrogen-bond acceptors (Lipinski definition) is 7. The Morgan fingerprint density at radius 1 is 1.40 bits per heavy atom. The van der Waals surface area contributed by atoms with Gasteiger partial charge in [0.2, 0.25) is 11.8 Å². The molecule has 25 heavy (non-hydrogen) atoms. The van der Waals surface area contributed by atoms with Gasteiger partial charge in [-0.1, -0.05) is 29.9 Å². The number of anilines is 1. The van der Waals surface area contributed by atoms with Crippen LogP contribution in [-0.4, -0.2) is 30.8 Å². The summed E-state index contributed by atoms with van der Waals surface area (Å²) < 4.78 is 7.08. The largest absolute Gasteiger partial charge is 0.338 e. The fourth-order valence-corrected chi connectivity index (χ4v) is 3.00. The van der Waals surface area contributed by atoms with Crippen LogP contribution in [0.4, 0.5) is 5.69 Å². The fraction of sp³-hybridized carbons (Fsp3) is 0.312. The molecule has 3 aromatic rings. The highest BCUT2D eigenvalue weighted by atomic mass is 32.2. The van der Waals surface area contributed by atoms with Crippen molar-refractivity contribution < 1.29 is 9.32 Å². The Labute approximate surface area is 149 Å². The maximum Gasteiger partial charge on any atom is 0.237 e. The number of amides is 1. The van der Waals surface area contributed by atoms with Crippen molar-refractivity contribution in [3.63, 3.8) is 0 Å². The molecule has 0 aliphatic rings. The highest BCUT2D eigenvalue weighted by molar-refractivity contribution is 7.98. The van der Waals surface area contributed by atoms with Gasteiger partial charge in [-0.2, -0.15) is 4.98 Å². The molecule has 0 unspecified atom stereocenters.